The molecule has 5 nitrogen and oxygen atoms in total. The number of piperazine rings is 1. The fourth-order valence-electron chi connectivity index (χ4n) is 2.72. The minimum atomic E-state index is -3.22. The number of nitrogens with zero attached hydrogens (tertiary/aromatic N) is 2. The van der Waals surface area contributed by atoms with E-state index in [2.05, 4.69) is 5.32 Å². The predicted molar refractivity (Wildman–Crippen MR) is 68.0 cm³/mol. The van der Waals surface area contributed by atoms with Crippen LogP contribution in [0.4, 0.5) is 0 Å². The summed E-state index contributed by atoms with van der Waals surface area (Å²) < 4.78 is 28.2. The van der Waals surface area contributed by atoms with Gasteiger partial charge >= 0.3 is 0 Å². The molecule has 2 heterocycles. The van der Waals surface area contributed by atoms with Gasteiger partial charge in [-0.3, -0.25) is 0 Å². The molecule has 1 N–H and O–H groups in total. The fraction of sp³-hybridized carbons (Fsp3) is 1.00. The smallest absolute Gasteiger partial charge is 0.282 e. The molecule has 2 unspecified atom stereocenters. The van der Waals surface area contributed by atoms with Crippen molar-refractivity contribution in [2.75, 3.05) is 26.2 Å². The summed E-state index contributed by atoms with van der Waals surface area (Å²) in [7, 11) is -3.22. The summed E-state index contributed by atoms with van der Waals surface area (Å²) >= 11 is 0. The van der Waals surface area contributed by atoms with Crippen molar-refractivity contribution in [2.24, 2.45) is 0 Å². The van der Waals surface area contributed by atoms with E-state index in [1.165, 1.54) is 0 Å². The van der Waals surface area contributed by atoms with E-state index < -0.39 is 10.2 Å². The second kappa shape index (κ2) is 5.22. The quantitative estimate of drug-likeness (QED) is 0.783. The van der Waals surface area contributed by atoms with Crippen molar-refractivity contribution < 1.29 is 8.42 Å². The summed E-state index contributed by atoms with van der Waals surface area (Å²) in [4.78, 5) is 0. The molecule has 0 aromatic heterocycles. The average molecular weight is 261 g/mol. The van der Waals surface area contributed by atoms with E-state index in [9.17, 15) is 8.42 Å². The molecule has 0 radical (unpaired) electrons. The van der Waals surface area contributed by atoms with Crippen molar-refractivity contribution in [3.05, 3.63) is 0 Å². The van der Waals surface area contributed by atoms with Crippen LogP contribution in [-0.4, -0.2) is 55.3 Å². The predicted octanol–water partition coefficient (Wildman–Crippen LogP) is 0.399. The van der Waals surface area contributed by atoms with Gasteiger partial charge in [0.25, 0.3) is 10.2 Å². The zero-order valence-corrected chi connectivity index (χ0v) is 11.5. The van der Waals surface area contributed by atoms with Gasteiger partial charge in [-0.1, -0.05) is 6.42 Å². The molecular weight excluding hydrogens is 238 g/mol. The zero-order valence-electron chi connectivity index (χ0n) is 10.7. The molecule has 2 aliphatic rings. The van der Waals surface area contributed by atoms with Gasteiger partial charge in [-0.2, -0.15) is 17.0 Å². The van der Waals surface area contributed by atoms with Gasteiger partial charge in [0.05, 0.1) is 0 Å². The lowest BCUT2D eigenvalue weighted by molar-refractivity contribution is 0.236. The van der Waals surface area contributed by atoms with Gasteiger partial charge in [-0.05, 0) is 26.7 Å². The van der Waals surface area contributed by atoms with Crippen molar-refractivity contribution in [1.29, 1.82) is 0 Å². The first kappa shape index (κ1) is 13.3. The van der Waals surface area contributed by atoms with Crippen LogP contribution in [0.5, 0.6) is 0 Å². The van der Waals surface area contributed by atoms with Crippen LogP contribution in [0.2, 0.25) is 0 Å². The molecule has 2 aliphatic heterocycles. The summed E-state index contributed by atoms with van der Waals surface area (Å²) in [6.45, 7) is 6.62. The third-order valence-corrected chi connectivity index (χ3v) is 5.46. The van der Waals surface area contributed by atoms with Crippen LogP contribution in [0.1, 0.15) is 33.1 Å². The van der Waals surface area contributed by atoms with Crippen LogP contribution in [0.3, 0.4) is 0 Å². The highest BCUT2D eigenvalue weighted by Crippen LogP contribution is 2.18. The molecule has 17 heavy (non-hydrogen) atoms. The highest BCUT2D eigenvalue weighted by atomic mass is 32.2. The molecule has 2 rings (SSSR count). The molecular formula is C11H23N3O2S. The first-order valence-corrected chi connectivity index (χ1v) is 7.91. The van der Waals surface area contributed by atoms with E-state index in [1.54, 1.807) is 8.61 Å². The molecule has 0 aliphatic carbocycles. The van der Waals surface area contributed by atoms with Crippen molar-refractivity contribution in [3.63, 3.8) is 0 Å². The number of rotatable bonds is 2. The highest BCUT2D eigenvalue weighted by Gasteiger charge is 2.34. The number of hydrogen-bond donors (Lipinski definition) is 1. The largest absolute Gasteiger partial charge is 0.309 e. The third kappa shape index (κ3) is 2.99. The Morgan fingerprint density at radius 2 is 1.47 bits per heavy atom. The Morgan fingerprint density at radius 3 is 2.00 bits per heavy atom. The van der Waals surface area contributed by atoms with E-state index in [4.69, 9.17) is 0 Å². The maximum Gasteiger partial charge on any atom is 0.282 e. The van der Waals surface area contributed by atoms with Gasteiger partial charge in [-0.15, -0.1) is 0 Å². The molecule has 0 bridgehead atoms. The van der Waals surface area contributed by atoms with Crippen molar-refractivity contribution >= 4 is 10.2 Å². The van der Waals surface area contributed by atoms with Gasteiger partial charge in [0.1, 0.15) is 0 Å². The Labute approximate surface area is 104 Å². The molecule has 2 saturated heterocycles. The maximum atomic E-state index is 12.5. The SMILES string of the molecule is CC1CN(S(=O)(=O)N2CCCCC2)CC(C)N1. The first-order valence-electron chi connectivity index (χ1n) is 6.51. The van der Waals surface area contributed by atoms with Gasteiger partial charge in [0.15, 0.2) is 0 Å². The molecule has 0 aromatic carbocycles. The lowest BCUT2D eigenvalue weighted by Crippen LogP contribution is -2.58. The van der Waals surface area contributed by atoms with E-state index in [-0.39, 0.29) is 12.1 Å². The van der Waals surface area contributed by atoms with Gasteiger partial charge in [0.2, 0.25) is 0 Å². The van der Waals surface area contributed by atoms with Gasteiger partial charge < -0.3 is 5.32 Å². The number of piperidine rings is 1. The summed E-state index contributed by atoms with van der Waals surface area (Å²) in [5.41, 5.74) is 0. The van der Waals surface area contributed by atoms with Gasteiger partial charge in [-0.25, -0.2) is 0 Å². The maximum absolute atomic E-state index is 12.5. The zero-order chi connectivity index (χ0) is 12.5. The van der Waals surface area contributed by atoms with Crippen LogP contribution in [0.15, 0.2) is 0 Å². The molecule has 6 heteroatoms. The molecule has 2 atom stereocenters. The average Bonchev–Trinajstić information content (AvgIpc) is 2.29. The molecule has 100 valence electrons. The summed E-state index contributed by atoms with van der Waals surface area (Å²) in [6, 6.07) is 0.469. The Hall–Kier alpha value is -0.170. The Morgan fingerprint density at radius 1 is 0.941 bits per heavy atom. The highest BCUT2D eigenvalue weighted by molar-refractivity contribution is 7.86. The van der Waals surface area contributed by atoms with Crippen LogP contribution < -0.4 is 5.32 Å². The van der Waals surface area contributed by atoms with Crippen molar-refractivity contribution in [2.45, 2.75) is 45.2 Å². The van der Waals surface area contributed by atoms with E-state index >= 15 is 0 Å². The summed E-state index contributed by atoms with van der Waals surface area (Å²) in [5.74, 6) is 0. The van der Waals surface area contributed by atoms with Crippen LogP contribution in [-0.2, 0) is 10.2 Å². The number of nitrogens with one attached hydrogen (secondary N) is 1. The molecule has 0 amide bonds. The molecule has 2 fully saturated rings. The first-order chi connectivity index (χ1) is 8.00. The van der Waals surface area contributed by atoms with Crippen LogP contribution in [0, 0.1) is 0 Å². The molecule has 0 saturated carbocycles. The fourth-order valence-corrected chi connectivity index (χ4v) is 4.59. The second-order valence-electron chi connectivity index (χ2n) is 5.25. The van der Waals surface area contributed by atoms with E-state index in [0.29, 0.717) is 26.2 Å². The Kier molecular flexibility index (Phi) is 4.07. The monoisotopic (exact) mass is 261 g/mol. The second-order valence-corrected chi connectivity index (χ2v) is 7.18. The van der Waals surface area contributed by atoms with E-state index in [0.717, 1.165) is 19.3 Å². The lowest BCUT2D eigenvalue weighted by atomic mass is 10.2. The molecule has 0 aromatic rings. The Balaban J connectivity index is 2.08. The minimum absolute atomic E-state index is 0.235. The Bertz CT molecular complexity index is 342. The van der Waals surface area contributed by atoms with E-state index in [1.807, 2.05) is 13.8 Å². The summed E-state index contributed by atoms with van der Waals surface area (Å²) in [5, 5.41) is 3.36. The topological polar surface area (TPSA) is 52.7 Å². The van der Waals surface area contributed by atoms with Crippen LogP contribution >= 0.6 is 0 Å². The van der Waals surface area contributed by atoms with Gasteiger partial charge in [0, 0.05) is 38.3 Å². The standard InChI is InChI=1S/C11H23N3O2S/c1-10-8-14(9-11(2)12-10)17(15,16)13-6-4-3-5-7-13/h10-12H,3-9H2,1-2H3. The van der Waals surface area contributed by atoms with Crippen molar-refractivity contribution in [1.82, 2.24) is 13.9 Å². The van der Waals surface area contributed by atoms with Crippen LogP contribution in [0.25, 0.3) is 0 Å². The summed E-state index contributed by atoms with van der Waals surface area (Å²) in [6.07, 6.45) is 3.15. The van der Waals surface area contributed by atoms with Crippen molar-refractivity contribution in [3.8, 4) is 0 Å². The lowest BCUT2D eigenvalue weighted by Gasteiger charge is -2.38. The molecule has 0 spiro atoms. The number of hydrogen-bond acceptors (Lipinski definition) is 3. The normalized spacial score (nSPS) is 33.8. The minimum Gasteiger partial charge on any atom is -0.309 e. The third-order valence-electron chi connectivity index (χ3n) is 3.49.